The standard InChI is InChI=1S/C25H23N5O3S/c1-17-10-12-20(13-11-17)26-15-24-27-28-25(29(24)22-9-4-3-6-18(22)2)34-16-23(31)19-7-5-8-21(14-19)30(32)33/h3-14,26H,15-16H2,1-2H3. The summed E-state index contributed by atoms with van der Waals surface area (Å²) < 4.78 is 1.95. The average molecular weight is 474 g/mol. The van der Waals surface area contributed by atoms with Crippen LogP contribution < -0.4 is 5.32 Å². The van der Waals surface area contributed by atoms with Crippen molar-refractivity contribution in [3.05, 3.63) is 105 Å². The number of carbonyl (C=O) groups excluding carboxylic acids is 1. The van der Waals surface area contributed by atoms with E-state index in [1.165, 1.54) is 35.5 Å². The molecule has 0 radical (unpaired) electrons. The first-order valence-corrected chi connectivity index (χ1v) is 11.6. The molecule has 0 aliphatic carbocycles. The van der Waals surface area contributed by atoms with Gasteiger partial charge in [-0.15, -0.1) is 10.2 Å². The summed E-state index contributed by atoms with van der Waals surface area (Å²) in [7, 11) is 0. The molecule has 1 aromatic heterocycles. The summed E-state index contributed by atoms with van der Waals surface area (Å²) in [5, 5.41) is 23.7. The number of para-hydroxylation sites is 1. The van der Waals surface area contributed by atoms with E-state index < -0.39 is 4.92 Å². The molecule has 0 saturated heterocycles. The van der Waals surface area contributed by atoms with Crippen LogP contribution in [-0.2, 0) is 6.54 Å². The molecule has 1 heterocycles. The predicted molar refractivity (Wildman–Crippen MR) is 133 cm³/mol. The third kappa shape index (κ3) is 5.32. The number of aromatic nitrogens is 3. The summed E-state index contributed by atoms with van der Waals surface area (Å²) in [6, 6.07) is 21.8. The third-order valence-corrected chi connectivity index (χ3v) is 6.20. The number of rotatable bonds is 9. The SMILES string of the molecule is Cc1ccc(NCc2nnc(SCC(=O)c3cccc([N+](=O)[O-])c3)n2-c2ccccc2C)cc1. The van der Waals surface area contributed by atoms with Gasteiger partial charge in [0.1, 0.15) is 0 Å². The number of nitrogens with one attached hydrogen (secondary N) is 1. The summed E-state index contributed by atoms with van der Waals surface area (Å²) in [5.74, 6) is 0.573. The van der Waals surface area contributed by atoms with E-state index in [-0.39, 0.29) is 17.2 Å². The molecule has 0 aliphatic rings. The van der Waals surface area contributed by atoms with Crippen molar-refractivity contribution in [1.29, 1.82) is 0 Å². The Morgan fingerprint density at radius 2 is 1.79 bits per heavy atom. The molecule has 4 rings (SSSR count). The van der Waals surface area contributed by atoms with Crippen LogP contribution in [0.5, 0.6) is 0 Å². The van der Waals surface area contributed by atoms with Crippen molar-refractivity contribution in [3.63, 3.8) is 0 Å². The minimum atomic E-state index is -0.508. The number of thioether (sulfide) groups is 1. The van der Waals surface area contributed by atoms with Gasteiger partial charge < -0.3 is 5.32 Å². The molecule has 0 saturated carbocycles. The minimum absolute atomic E-state index is 0.0799. The van der Waals surface area contributed by atoms with Crippen LogP contribution in [0.1, 0.15) is 27.3 Å². The van der Waals surface area contributed by atoms with Gasteiger partial charge in [-0.05, 0) is 37.6 Å². The second kappa shape index (κ2) is 10.3. The van der Waals surface area contributed by atoms with Crippen LogP contribution in [-0.4, -0.2) is 31.2 Å². The molecule has 34 heavy (non-hydrogen) atoms. The molecular formula is C25H23N5O3S. The lowest BCUT2D eigenvalue weighted by Gasteiger charge is -2.13. The average Bonchev–Trinajstić information content (AvgIpc) is 3.25. The molecule has 1 N–H and O–H groups in total. The highest BCUT2D eigenvalue weighted by molar-refractivity contribution is 7.99. The highest BCUT2D eigenvalue weighted by Crippen LogP contribution is 2.26. The number of nitrogens with zero attached hydrogens (tertiary/aromatic N) is 4. The topological polar surface area (TPSA) is 103 Å². The van der Waals surface area contributed by atoms with Crippen LogP contribution in [0, 0.1) is 24.0 Å². The maximum atomic E-state index is 12.7. The molecule has 0 amide bonds. The zero-order chi connectivity index (χ0) is 24.1. The van der Waals surface area contributed by atoms with Crippen molar-refractivity contribution in [2.75, 3.05) is 11.1 Å². The van der Waals surface area contributed by atoms with E-state index in [0.29, 0.717) is 23.1 Å². The second-order valence-corrected chi connectivity index (χ2v) is 8.70. The molecule has 9 heteroatoms. The molecule has 0 bridgehead atoms. The monoisotopic (exact) mass is 473 g/mol. The Kier molecular flexibility index (Phi) is 7.03. The lowest BCUT2D eigenvalue weighted by atomic mass is 10.1. The number of non-ortho nitro benzene ring substituents is 1. The molecule has 0 unspecified atom stereocenters. The number of anilines is 1. The van der Waals surface area contributed by atoms with Crippen LogP contribution in [0.15, 0.2) is 78.0 Å². The largest absolute Gasteiger partial charge is 0.378 e. The first kappa shape index (κ1) is 23.2. The smallest absolute Gasteiger partial charge is 0.270 e. The lowest BCUT2D eigenvalue weighted by Crippen LogP contribution is -2.10. The number of nitro groups is 1. The van der Waals surface area contributed by atoms with Crippen molar-refractivity contribution in [3.8, 4) is 5.69 Å². The van der Waals surface area contributed by atoms with E-state index in [0.717, 1.165) is 16.9 Å². The molecule has 0 atom stereocenters. The first-order chi connectivity index (χ1) is 16.4. The van der Waals surface area contributed by atoms with E-state index in [4.69, 9.17) is 0 Å². The number of aryl methyl sites for hydroxylation is 2. The van der Waals surface area contributed by atoms with Crippen LogP contribution in [0.2, 0.25) is 0 Å². The van der Waals surface area contributed by atoms with Crippen molar-refractivity contribution in [1.82, 2.24) is 14.8 Å². The number of hydrogen-bond donors (Lipinski definition) is 1. The fraction of sp³-hybridized carbons (Fsp3) is 0.160. The number of nitro benzene ring substituents is 1. The fourth-order valence-electron chi connectivity index (χ4n) is 3.42. The van der Waals surface area contributed by atoms with Crippen LogP contribution in [0.4, 0.5) is 11.4 Å². The Labute approximate surface area is 201 Å². The summed E-state index contributed by atoms with van der Waals surface area (Å²) in [6.07, 6.45) is 0. The maximum Gasteiger partial charge on any atom is 0.270 e. The number of carbonyl (C=O) groups is 1. The minimum Gasteiger partial charge on any atom is -0.378 e. The summed E-state index contributed by atoms with van der Waals surface area (Å²) in [5.41, 5.74) is 4.32. The van der Waals surface area contributed by atoms with Gasteiger partial charge in [-0.1, -0.05) is 59.8 Å². The van der Waals surface area contributed by atoms with Crippen molar-refractivity contribution >= 4 is 28.9 Å². The van der Waals surface area contributed by atoms with Gasteiger partial charge in [-0.3, -0.25) is 19.5 Å². The van der Waals surface area contributed by atoms with Gasteiger partial charge in [-0.2, -0.15) is 0 Å². The van der Waals surface area contributed by atoms with E-state index >= 15 is 0 Å². The Morgan fingerprint density at radius 1 is 1.03 bits per heavy atom. The highest BCUT2D eigenvalue weighted by atomic mass is 32.2. The number of benzene rings is 3. The highest BCUT2D eigenvalue weighted by Gasteiger charge is 2.18. The Hall–Kier alpha value is -3.98. The normalized spacial score (nSPS) is 10.8. The van der Waals surface area contributed by atoms with E-state index in [2.05, 4.69) is 15.5 Å². The molecule has 3 aromatic carbocycles. The molecule has 4 aromatic rings. The number of Topliss-reactive ketones (excluding diaryl/α,β-unsaturated/α-hetero) is 1. The summed E-state index contributed by atoms with van der Waals surface area (Å²) in [4.78, 5) is 23.3. The Morgan fingerprint density at radius 3 is 2.53 bits per heavy atom. The Bertz CT molecular complexity index is 1330. The third-order valence-electron chi connectivity index (χ3n) is 5.27. The van der Waals surface area contributed by atoms with Gasteiger partial charge in [0.05, 0.1) is 22.9 Å². The summed E-state index contributed by atoms with van der Waals surface area (Å²) >= 11 is 1.25. The molecule has 0 aliphatic heterocycles. The summed E-state index contributed by atoms with van der Waals surface area (Å²) in [6.45, 7) is 4.50. The van der Waals surface area contributed by atoms with Crippen molar-refractivity contribution < 1.29 is 9.72 Å². The number of hydrogen-bond acceptors (Lipinski definition) is 7. The van der Waals surface area contributed by atoms with Gasteiger partial charge >= 0.3 is 0 Å². The molecular weight excluding hydrogens is 450 g/mol. The maximum absolute atomic E-state index is 12.7. The van der Waals surface area contributed by atoms with Crippen molar-refractivity contribution in [2.45, 2.75) is 25.5 Å². The zero-order valence-corrected chi connectivity index (χ0v) is 19.6. The molecule has 8 nitrogen and oxygen atoms in total. The van der Waals surface area contributed by atoms with Crippen LogP contribution in [0.25, 0.3) is 5.69 Å². The van der Waals surface area contributed by atoms with Gasteiger partial charge in [0.15, 0.2) is 16.8 Å². The van der Waals surface area contributed by atoms with Gasteiger partial charge in [0.2, 0.25) is 0 Å². The fourth-order valence-corrected chi connectivity index (χ4v) is 4.28. The quantitative estimate of drug-likeness (QED) is 0.151. The van der Waals surface area contributed by atoms with E-state index in [1.807, 2.05) is 66.9 Å². The number of ketones is 1. The van der Waals surface area contributed by atoms with Gasteiger partial charge in [0, 0.05) is 23.4 Å². The van der Waals surface area contributed by atoms with Crippen molar-refractivity contribution in [2.24, 2.45) is 0 Å². The van der Waals surface area contributed by atoms with Gasteiger partial charge in [-0.25, -0.2) is 0 Å². The second-order valence-electron chi connectivity index (χ2n) is 7.76. The zero-order valence-electron chi connectivity index (χ0n) is 18.8. The lowest BCUT2D eigenvalue weighted by molar-refractivity contribution is -0.384. The molecule has 0 fully saturated rings. The van der Waals surface area contributed by atoms with Gasteiger partial charge in [0.25, 0.3) is 5.69 Å². The molecule has 0 spiro atoms. The van der Waals surface area contributed by atoms with Crippen LogP contribution >= 0.6 is 11.8 Å². The Balaban J connectivity index is 1.57. The van der Waals surface area contributed by atoms with E-state index in [9.17, 15) is 14.9 Å². The van der Waals surface area contributed by atoms with Crippen LogP contribution in [0.3, 0.4) is 0 Å². The van der Waals surface area contributed by atoms with E-state index in [1.54, 1.807) is 6.07 Å². The predicted octanol–water partition coefficient (Wildman–Crippen LogP) is 5.38. The molecule has 172 valence electrons. The first-order valence-electron chi connectivity index (χ1n) is 10.6.